The molecule has 6 heteroatoms. The van der Waals surface area contributed by atoms with Crippen LogP contribution in [-0.2, 0) is 15.8 Å². The summed E-state index contributed by atoms with van der Waals surface area (Å²) < 4.78 is 24.2. The Bertz CT molecular complexity index is 1090. The zero-order chi connectivity index (χ0) is 24.6. The van der Waals surface area contributed by atoms with Crippen molar-refractivity contribution in [2.45, 2.75) is 81.8 Å². The lowest BCUT2D eigenvalue weighted by molar-refractivity contribution is -0.144. The fourth-order valence-corrected chi connectivity index (χ4v) is 6.99. The summed E-state index contributed by atoms with van der Waals surface area (Å²) >= 11 is 0. The maximum atomic E-state index is 11.7. The molecule has 2 aromatic rings. The van der Waals surface area contributed by atoms with Crippen molar-refractivity contribution in [3.05, 3.63) is 47.5 Å². The van der Waals surface area contributed by atoms with Crippen LogP contribution in [0.25, 0.3) is 0 Å². The average molecular weight is 481 g/mol. The number of carboxylic acids is 1. The van der Waals surface area contributed by atoms with Gasteiger partial charge in [-0.2, -0.15) is 0 Å². The summed E-state index contributed by atoms with van der Waals surface area (Å²) in [5, 5.41) is 9.59. The number of benzene rings is 2. The van der Waals surface area contributed by atoms with Crippen molar-refractivity contribution in [2.24, 2.45) is 5.92 Å². The Morgan fingerprint density at radius 1 is 0.943 bits per heavy atom. The highest BCUT2D eigenvalue weighted by atomic mass is 16.5. The smallest absolute Gasteiger partial charge is 0.344 e. The number of ether oxygens (including phenoxy) is 4. The van der Waals surface area contributed by atoms with Gasteiger partial charge in [-0.15, -0.1) is 0 Å². The van der Waals surface area contributed by atoms with Crippen LogP contribution in [0.1, 0.15) is 75.8 Å². The van der Waals surface area contributed by atoms with Crippen molar-refractivity contribution in [1.29, 1.82) is 0 Å². The predicted octanol–water partition coefficient (Wildman–Crippen LogP) is 6.24. The Morgan fingerprint density at radius 3 is 2.29 bits per heavy atom. The maximum Gasteiger partial charge on any atom is 0.344 e. The Balaban J connectivity index is 1.72. The lowest BCUT2D eigenvalue weighted by Gasteiger charge is -2.59. The van der Waals surface area contributed by atoms with Gasteiger partial charge in [0.2, 0.25) is 0 Å². The third kappa shape index (κ3) is 3.91. The van der Waals surface area contributed by atoms with E-state index in [1.54, 1.807) is 21.1 Å². The lowest BCUT2D eigenvalue weighted by Crippen LogP contribution is -2.57. The first-order valence-corrected chi connectivity index (χ1v) is 12.9. The van der Waals surface area contributed by atoms with Gasteiger partial charge in [0.05, 0.1) is 14.2 Å². The molecule has 1 N–H and O–H groups in total. The molecule has 188 valence electrons. The van der Waals surface area contributed by atoms with Crippen molar-refractivity contribution in [3.63, 3.8) is 0 Å². The number of rotatable bonds is 6. The zero-order valence-electron chi connectivity index (χ0n) is 21.0. The molecule has 2 fully saturated rings. The first-order chi connectivity index (χ1) is 16.9. The Labute approximate surface area is 207 Å². The topological polar surface area (TPSA) is 74.2 Å². The second-order valence-corrected chi connectivity index (χ2v) is 10.3. The molecule has 0 amide bonds. The van der Waals surface area contributed by atoms with E-state index in [1.165, 1.54) is 31.2 Å². The van der Waals surface area contributed by atoms with Crippen LogP contribution < -0.4 is 18.9 Å². The molecular formula is C29H36O6. The highest BCUT2D eigenvalue weighted by molar-refractivity contribution is 5.72. The normalized spacial score (nSPS) is 25.5. The van der Waals surface area contributed by atoms with Gasteiger partial charge in [0.25, 0.3) is 0 Å². The van der Waals surface area contributed by atoms with Gasteiger partial charge in [0.1, 0.15) is 28.6 Å². The first-order valence-electron chi connectivity index (χ1n) is 12.9. The van der Waals surface area contributed by atoms with Gasteiger partial charge in [-0.3, -0.25) is 0 Å². The summed E-state index contributed by atoms with van der Waals surface area (Å²) in [6.07, 6.45) is 9.12. The molecular weight excluding hydrogens is 444 g/mol. The van der Waals surface area contributed by atoms with Gasteiger partial charge in [-0.1, -0.05) is 31.7 Å². The van der Waals surface area contributed by atoms with Gasteiger partial charge in [-0.25, -0.2) is 4.79 Å². The van der Waals surface area contributed by atoms with E-state index in [4.69, 9.17) is 18.9 Å². The molecule has 5 rings (SSSR count). The van der Waals surface area contributed by atoms with Crippen LogP contribution in [0.3, 0.4) is 0 Å². The van der Waals surface area contributed by atoms with Crippen LogP contribution in [-0.4, -0.2) is 31.4 Å². The number of carbonyl (C=O) groups is 1. The standard InChI is InChI=1S/C29H36O6/c1-19(27(30)31)34-24-17-20(32-2)11-13-23(24)29-16-8-5-9-26(29)28(14-6-4-7-15-28)22-12-10-21(33-3)18-25(22)35-29/h10-13,17-19,26H,4-9,14-16H2,1-3H3,(H,30,31)/t19-,26+,29-/m0/s1. The monoisotopic (exact) mass is 480 g/mol. The number of methoxy groups -OCH3 is 2. The molecule has 2 aromatic carbocycles. The van der Waals surface area contributed by atoms with Gasteiger partial charge in [-0.05, 0) is 57.2 Å². The van der Waals surface area contributed by atoms with Crippen LogP contribution in [0.4, 0.5) is 0 Å². The quantitative estimate of drug-likeness (QED) is 0.528. The molecule has 1 spiro atoms. The summed E-state index contributed by atoms with van der Waals surface area (Å²) in [5.74, 6) is 2.11. The fourth-order valence-electron chi connectivity index (χ4n) is 6.99. The van der Waals surface area contributed by atoms with Crippen LogP contribution in [0.15, 0.2) is 36.4 Å². The van der Waals surface area contributed by atoms with E-state index in [0.29, 0.717) is 11.5 Å². The van der Waals surface area contributed by atoms with Crippen LogP contribution in [0.2, 0.25) is 0 Å². The Morgan fingerprint density at radius 2 is 1.60 bits per heavy atom. The van der Waals surface area contributed by atoms with E-state index in [9.17, 15) is 9.90 Å². The van der Waals surface area contributed by atoms with E-state index in [0.717, 1.165) is 49.2 Å². The third-order valence-corrected chi connectivity index (χ3v) is 8.58. The zero-order valence-corrected chi connectivity index (χ0v) is 21.0. The minimum atomic E-state index is -1.00. The van der Waals surface area contributed by atoms with Gasteiger partial charge >= 0.3 is 5.97 Å². The van der Waals surface area contributed by atoms with Gasteiger partial charge in [0.15, 0.2) is 6.10 Å². The molecule has 1 heterocycles. The lowest BCUT2D eigenvalue weighted by atomic mass is 9.51. The summed E-state index contributed by atoms with van der Waals surface area (Å²) in [5.41, 5.74) is 1.65. The molecule has 2 saturated carbocycles. The predicted molar refractivity (Wildman–Crippen MR) is 133 cm³/mol. The van der Waals surface area contributed by atoms with Crippen molar-refractivity contribution < 1.29 is 28.8 Å². The van der Waals surface area contributed by atoms with Crippen molar-refractivity contribution >= 4 is 5.97 Å². The highest BCUT2D eigenvalue weighted by Gasteiger charge is 2.60. The summed E-state index contributed by atoms with van der Waals surface area (Å²) in [6.45, 7) is 1.56. The van der Waals surface area contributed by atoms with Gasteiger partial charge in [0, 0.05) is 34.6 Å². The number of fused-ring (bicyclic) bond motifs is 4. The second-order valence-electron chi connectivity index (χ2n) is 10.3. The van der Waals surface area contributed by atoms with Gasteiger partial charge < -0.3 is 24.1 Å². The van der Waals surface area contributed by atoms with Crippen molar-refractivity contribution in [2.75, 3.05) is 14.2 Å². The summed E-state index contributed by atoms with van der Waals surface area (Å²) in [7, 11) is 3.29. The minimum Gasteiger partial charge on any atom is -0.497 e. The number of hydrogen-bond acceptors (Lipinski definition) is 5. The van der Waals surface area contributed by atoms with E-state index in [-0.39, 0.29) is 11.3 Å². The number of carboxylic acid groups (broad SMARTS) is 1. The van der Waals surface area contributed by atoms with Crippen LogP contribution >= 0.6 is 0 Å². The molecule has 2 aliphatic carbocycles. The molecule has 35 heavy (non-hydrogen) atoms. The van der Waals surface area contributed by atoms with Crippen LogP contribution in [0.5, 0.6) is 23.0 Å². The molecule has 0 bridgehead atoms. The van der Waals surface area contributed by atoms with Crippen molar-refractivity contribution in [1.82, 2.24) is 0 Å². The molecule has 1 aliphatic heterocycles. The number of hydrogen-bond donors (Lipinski definition) is 1. The molecule has 3 aliphatic rings. The van der Waals surface area contributed by atoms with Crippen LogP contribution in [0, 0.1) is 5.92 Å². The SMILES string of the molecule is COc1ccc2c(c1)O[C@]1(c3ccc(OC)cc3O[C@@H](C)C(=O)O)CCCC[C@@H]1C21CCCCC1. The third-order valence-electron chi connectivity index (χ3n) is 8.58. The molecule has 0 unspecified atom stereocenters. The van der Waals surface area contributed by atoms with E-state index < -0.39 is 17.7 Å². The maximum absolute atomic E-state index is 11.7. The largest absolute Gasteiger partial charge is 0.497 e. The Kier molecular flexibility index (Phi) is 6.32. The van der Waals surface area contributed by atoms with E-state index in [2.05, 4.69) is 12.1 Å². The molecule has 0 aromatic heterocycles. The minimum absolute atomic E-state index is 0.0220. The molecule has 0 radical (unpaired) electrons. The second kappa shape index (κ2) is 9.29. The summed E-state index contributed by atoms with van der Waals surface area (Å²) in [4.78, 5) is 11.7. The van der Waals surface area contributed by atoms with E-state index in [1.807, 2.05) is 24.3 Å². The van der Waals surface area contributed by atoms with E-state index >= 15 is 0 Å². The number of aliphatic carboxylic acids is 1. The molecule has 3 atom stereocenters. The molecule has 0 saturated heterocycles. The fraction of sp³-hybridized carbons (Fsp3) is 0.552. The Hall–Kier alpha value is -2.89. The average Bonchev–Trinajstić information content (AvgIpc) is 2.88. The molecule has 6 nitrogen and oxygen atoms in total. The van der Waals surface area contributed by atoms with Crippen molar-refractivity contribution in [3.8, 4) is 23.0 Å². The summed E-state index contributed by atoms with van der Waals surface area (Å²) in [6, 6.07) is 12.1. The first kappa shape index (κ1) is 23.8. The highest BCUT2D eigenvalue weighted by Crippen LogP contribution is 2.64.